The van der Waals surface area contributed by atoms with Crippen LogP contribution in [0.4, 0.5) is 0 Å². The number of ketones is 2. The van der Waals surface area contributed by atoms with Crippen molar-refractivity contribution in [1.29, 1.82) is 0 Å². The Labute approximate surface area is 149 Å². The molecule has 4 nitrogen and oxygen atoms in total. The SMILES string of the molecule is C[C@]12C(=O)C[C@H]3[C@@H](C=CC4=CC(=O)CC[C@@]43C)[C@@H]1CC[C@@H]2C(O)CO. The maximum atomic E-state index is 13.3. The molecule has 2 N–H and O–H groups in total. The summed E-state index contributed by atoms with van der Waals surface area (Å²) in [6.45, 7) is 3.95. The molecule has 0 heterocycles. The fourth-order valence-corrected chi connectivity index (χ4v) is 6.50. The maximum absolute atomic E-state index is 13.3. The largest absolute Gasteiger partial charge is 0.394 e. The first kappa shape index (κ1) is 17.2. The van der Waals surface area contributed by atoms with Crippen LogP contribution in [0.2, 0.25) is 0 Å². The fourth-order valence-electron chi connectivity index (χ4n) is 6.50. The monoisotopic (exact) mass is 344 g/mol. The summed E-state index contributed by atoms with van der Waals surface area (Å²) in [4.78, 5) is 25.1. The highest BCUT2D eigenvalue weighted by molar-refractivity contribution is 5.92. The van der Waals surface area contributed by atoms with Crippen LogP contribution in [0.15, 0.2) is 23.8 Å². The van der Waals surface area contributed by atoms with Crippen LogP contribution in [0.25, 0.3) is 0 Å². The quantitative estimate of drug-likeness (QED) is 0.807. The van der Waals surface area contributed by atoms with Crippen molar-refractivity contribution < 1.29 is 19.8 Å². The molecule has 0 bridgehead atoms. The Kier molecular flexibility index (Phi) is 3.86. The van der Waals surface area contributed by atoms with Gasteiger partial charge in [0, 0.05) is 18.3 Å². The minimum atomic E-state index is -0.818. The third kappa shape index (κ3) is 2.20. The Bertz CT molecular complexity index is 677. The van der Waals surface area contributed by atoms with Gasteiger partial charge in [-0.25, -0.2) is 0 Å². The molecule has 0 aromatic heterocycles. The van der Waals surface area contributed by atoms with Crippen LogP contribution >= 0.6 is 0 Å². The third-order valence-corrected chi connectivity index (χ3v) is 8.10. The summed E-state index contributed by atoms with van der Waals surface area (Å²) in [6.07, 6.45) is 8.92. The third-order valence-electron chi connectivity index (χ3n) is 8.10. The van der Waals surface area contributed by atoms with E-state index >= 15 is 0 Å². The first-order chi connectivity index (χ1) is 11.8. The van der Waals surface area contributed by atoms with Crippen molar-refractivity contribution in [3.8, 4) is 0 Å². The Morgan fingerprint density at radius 2 is 2.00 bits per heavy atom. The van der Waals surface area contributed by atoms with Crippen molar-refractivity contribution >= 4 is 11.6 Å². The lowest BCUT2D eigenvalue weighted by atomic mass is 9.48. The van der Waals surface area contributed by atoms with Crippen molar-refractivity contribution in [3.05, 3.63) is 23.8 Å². The molecule has 0 amide bonds. The van der Waals surface area contributed by atoms with E-state index in [0.29, 0.717) is 18.8 Å². The lowest BCUT2D eigenvalue weighted by Gasteiger charge is -2.55. The van der Waals surface area contributed by atoms with E-state index in [1.54, 1.807) is 6.08 Å². The molecule has 0 radical (unpaired) electrons. The highest BCUT2D eigenvalue weighted by Gasteiger charge is 2.62. The zero-order valence-corrected chi connectivity index (χ0v) is 15.1. The summed E-state index contributed by atoms with van der Waals surface area (Å²) in [5, 5.41) is 19.7. The first-order valence-corrected chi connectivity index (χ1v) is 9.58. The molecule has 25 heavy (non-hydrogen) atoms. The second-order valence-electron chi connectivity index (χ2n) is 8.98. The number of fused-ring (bicyclic) bond motifs is 5. The second-order valence-corrected chi connectivity index (χ2v) is 8.98. The van der Waals surface area contributed by atoms with Gasteiger partial charge in [-0.05, 0) is 60.0 Å². The molecule has 4 rings (SSSR count). The highest BCUT2D eigenvalue weighted by atomic mass is 16.3. The number of rotatable bonds is 2. The van der Waals surface area contributed by atoms with E-state index in [2.05, 4.69) is 19.1 Å². The number of carbonyl (C=O) groups excluding carboxylic acids is 2. The van der Waals surface area contributed by atoms with E-state index < -0.39 is 11.5 Å². The average Bonchev–Trinajstić information content (AvgIpc) is 2.95. The van der Waals surface area contributed by atoms with Crippen LogP contribution in [-0.4, -0.2) is 34.5 Å². The molecule has 1 unspecified atom stereocenters. The fraction of sp³-hybridized carbons (Fsp3) is 0.714. The number of hydrogen-bond acceptors (Lipinski definition) is 4. The van der Waals surface area contributed by atoms with Gasteiger partial charge >= 0.3 is 0 Å². The van der Waals surface area contributed by atoms with Gasteiger partial charge in [-0.3, -0.25) is 9.59 Å². The number of Topliss-reactive ketones (excluding diaryl/α,β-unsaturated/α-hetero) is 1. The predicted molar refractivity (Wildman–Crippen MR) is 93.6 cm³/mol. The lowest BCUT2D eigenvalue weighted by Crippen LogP contribution is -2.55. The molecule has 2 saturated carbocycles. The Morgan fingerprint density at radius 1 is 1.24 bits per heavy atom. The van der Waals surface area contributed by atoms with E-state index in [1.807, 2.05) is 6.92 Å². The lowest BCUT2D eigenvalue weighted by molar-refractivity contribution is -0.147. The van der Waals surface area contributed by atoms with E-state index in [9.17, 15) is 19.8 Å². The van der Waals surface area contributed by atoms with E-state index in [0.717, 1.165) is 24.8 Å². The summed E-state index contributed by atoms with van der Waals surface area (Å²) in [5.74, 6) is 1.05. The van der Waals surface area contributed by atoms with Gasteiger partial charge in [0.15, 0.2) is 5.78 Å². The smallest absolute Gasteiger partial charge is 0.156 e. The van der Waals surface area contributed by atoms with Gasteiger partial charge < -0.3 is 10.2 Å². The van der Waals surface area contributed by atoms with E-state index in [1.165, 1.54) is 0 Å². The Hall–Kier alpha value is -1.26. The van der Waals surface area contributed by atoms with Gasteiger partial charge in [0.05, 0.1) is 12.7 Å². The van der Waals surface area contributed by atoms with Crippen molar-refractivity contribution in [2.75, 3.05) is 6.61 Å². The zero-order chi connectivity index (χ0) is 18.0. The summed E-state index contributed by atoms with van der Waals surface area (Å²) >= 11 is 0. The van der Waals surface area contributed by atoms with Crippen molar-refractivity contribution in [3.63, 3.8) is 0 Å². The molecule has 4 heteroatoms. The summed E-state index contributed by atoms with van der Waals surface area (Å²) in [5.41, 5.74) is 0.444. The number of allylic oxidation sites excluding steroid dienone is 4. The van der Waals surface area contributed by atoms with Gasteiger partial charge in [-0.1, -0.05) is 26.0 Å². The minimum absolute atomic E-state index is 0.0992. The molecule has 136 valence electrons. The second kappa shape index (κ2) is 5.62. The summed E-state index contributed by atoms with van der Waals surface area (Å²) < 4.78 is 0. The molecule has 0 spiro atoms. The topological polar surface area (TPSA) is 74.6 Å². The Balaban J connectivity index is 1.75. The maximum Gasteiger partial charge on any atom is 0.156 e. The number of aliphatic hydroxyl groups is 2. The predicted octanol–water partition coefficient (Wildman–Crippen LogP) is 2.44. The minimum Gasteiger partial charge on any atom is -0.394 e. The van der Waals surface area contributed by atoms with Crippen molar-refractivity contribution in [1.82, 2.24) is 0 Å². The molecule has 4 aliphatic rings. The highest BCUT2D eigenvalue weighted by Crippen LogP contribution is 2.64. The molecule has 0 aromatic rings. The van der Waals surface area contributed by atoms with Gasteiger partial charge in [-0.15, -0.1) is 0 Å². The van der Waals surface area contributed by atoms with Crippen LogP contribution in [-0.2, 0) is 9.59 Å². The number of hydrogen-bond donors (Lipinski definition) is 2. The van der Waals surface area contributed by atoms with Crippen LogP contribution in [0.3, 0.4) is 0 Å². The zero-order valence-electron chi connectivity index (χ0n) is 15.1. The van der Waals surface area contributed by atoms with Gasteiger partial charge in [0.25, 0.3) is 0 Å². The van der Waals surface area contributed by atoms with Crippen LogP contribution in [0, 0.1) is 34.5 Å². The molecule has 2 fully saturated rings. The average molecular weight is 344 g/mol. The van der Waals surface area contributed by atoms with Crippen LogP contribution in [0.5, 0.6) is 0 Å². The number of aliphatic hydroxyl groups excluding tert-OH is 2. The Morgan fingerprint density at radius 3 is 2.72 bits per heavy atom. The first-order valence-electron chi connectivity index (χ1n) is 9.58. The van der Waals surface area contributed by atoms with Crippen molar-refractivity contribution in [2.45, 2.75) is 52.1 Å². The molecular formula is C21H28O4. The standard InChI is InChI=1S/C21H28O4/c1-20-8-7-13(23)9-12(20)3-4-14-15-5-6-16(18(24)11-22)21(15,2)19(25)10-17(14)20/h3-4,9,14-18,22,24H,5-8,10-11H2,1-2H3/t14-,15-,16+,17-,18?,20-,21-/m0/s1. The summed E-state index contributed by atoms with van der Waals surface area (Å²) in [6, 6.07) is 0. The summed E-state index contributed by atoms with van der Waals surface area (Å²) in [7, 11) is 0. The molecule has 0 aromatic carbocycles. The van der Waals surface area contributed by atoms with E-state index in [4.69, 9.17) is 0 Å². The number of carbonyl (C=O) groups is 2. The van der Waals surface area contributed by atoms with Crippen LogP contribution in [0.1, 0.15) is 46.0 Å². The normalized spacial score (nSPS) is 47.0. The van der Waals surface area contributed by atoms with Crippen molar-refractivity contribution in [2.24, 2.45) is 34.5 Å². The molecule has 0 saturated heterocycles. The molecule has 7 atom stereocenters. The molecule has 4 aliphatic carbocycles. The molecular weight excluding hydrogens is 316 g/mol. The van der Waals surface area contributed by atoms with Gasteiger partial charge in [-0.2, -0.15) is 0 Å². The van der Waals surface area contributed by atoms with Crippen LogP contribution < -0.4 is 0 Å². The van der Waals surface area contributed by atoms with Gasteiger partial charge in [0.2, 0.25) is 0 Å². The molecule has 0 aliphatic heterocycles. The van der Waals surface area contributed by atoms with E-state index in [-0.39, 0.29) is 41.3 Å². The van der Waals surface area contributed by atoms with Gasteiger partial charge in [0.1, 0.15) is 5.78 Å².